The summed E-state index contributed by atoms with van der Waals surface area (Å²) < 4.78 is 0. The number of carbonyl (C=O) groups excluding carboxylic acids is 1. The molecule has 4 nitrogen and oxygen atoms in total. The van der Waals surface area contributed by atoms with Crippen molar-refractivity contribution in [2.24, 2.45) is 0 Å². The zero-order valence-electron chi connectivity index (χ0n) is 12.0. The zero-order chi connectivity index (χ0) is 14.0. The summed E-state index contributed by atoms with van der Waals surface area (Å²) in [4.78, 5) is 15.7. The van der Waals surface area contributed by atoms with Gasteiger partial charge in [0.25, 0.3) is 0 Å². The summed E-state index contributed by atoms with van der Waals surface area (Å²) in [5.41, 5.74) is 2.22. The van der Waals surface area contributed by atoms with Crippen LogP contribution in [0.3, 0.4) is 0 Å². The lowest BCUT2D eigenvalue weighted by atomic mass is 9.81. The topological polar surface area (TPSA) is 62.2 Å². The number of hydrogen-bond acceptors (Lipinski definition) is 4. The van der Waals surface area contributed by atoms with E-state index in [2.05, 4.69) is 16.4 Å². The molecule has 0 spiro atoms. The van der Waals surface area contributed by atoms with Crippen LogP contribution in [-0.2, 0) is 10.4 Å². The fourth-order valence-corrected chi connectivity index (χ4v) is 2.94. The van der Waals surface area contributed by atoms with Crippen molar-refractivity contribution < 1.29 is 9.90 Å². The second-order valence-corrected chi connectivity index (χ2v) is 5.69. The van der Waals surface area contributed by atoms with E-state index in [4.69, 9.17) is 0 Å². The number of nitrogens with zero attached hydrogens (tertiary/aromatic N) is 1. The predicted molar refractivity (Wildman–Crippen MR) is 84.3 cm³/mol. The molecular formula is C16H21ClN2O2. The molecule has 1 fully saturated rings. The van der Waals surface area contributed by atoms with Gasteiger partial charge in [-0.15, -0.1) is 12.4 Å². The average molecular weight is 309 g/mol. The van der Waals surface area contributed by atoms with Crippen LogP contribution in [0.25, 0.3) is 5.57 Å². The first-order valence-electron chi connectivity index (χ1n) is 7.28. The Hall–Kier alpha value is -1.23. The number of aliphatic hydroxyl groups is 1. The molecule has 0 atom stereocenters. The van der Waals surface area contributed by atoms with Gasteiger partial charge in [-0.3, -0.25) is 9.78 Å². The zero-order valence-corrected chi connectivity index (χ0v) is 12.8. The summed E-state index contributed by atoms with van der Waals surface area (Å²) in [6, 6.07) is 3.95. The monoisotopic (exact) mass is 308 g/mol. The molecule has 0 saturated heterocycles. The molecular weight excluding hydrogens is 288 g/mol. The van der Waals surface area contributed by atoms with Gasteiger partial charge < -0.3 is 10.4 Å². The Morgan fingerprint density at radius 2 is 1.95 bits per heavy atom. The molecule has 2 aliphatic rings. The lowest BCUT2D eigenvalue weighted by Gasteiger charge is -2.31. The molecule has 3 rings (SSSR count). The number of rotatable bonds is 2. The highest BCUT2D eigenvalue weighted by Crippen LogP contribution is 2.35. The number of carbonyl (C=O) groups is 1. The highest BCUT2D eigenvalue weighted by atomic mass is 35.5. The van der Waals surface area contributed by atoms with Crippen molar-refractivity contribution in [1.82, 2.24) is 10.3 Å². The van der Waals surface area contributed by atoms with Crippen LogP contribution in [0.1, 0.15) is 43.4 Å². The standard InChI is InChI=1S/C16H20N2O2.ClH/c19-14-3-7-16(20,8-4-14)15-2-1-13(11-18-15)12-5-9-17-10-6-12;/h1-2,5,11,17,20H,3-4,6-10H2;1H. The normalized spacial score (nSPS) is 21.4. The van der Waals surface area contributed by atoms with Gasteiger partial charge in [0.1, 0.15) is 11.4 Å². The number of nitrogens with one attached hydrogen (secondary N) is 1. The largest absolute Gasteiger partial charge is 0.384 e. The Labute approximate surface area is 131 Å². The quantitative estimate of drug-likeness (QED) is 0.879. The summed E-state index contributed by atoms with van der Waals surface area (Å²) in [5, 5.41) is 13.9. The number of halogens is 1. The number of ketones is 1. The Bertz CT molecular complexity index is 530. The van der Waals surface area contributed by atoms with Gasteiger partial charge in [0.05, 0.1) is 5.69 Å². The highest BCUT2D eigenvalue weighted by molar-refractivity contribution is 5.85. The van der Waals surface area contributed by atoms with Gasteiger partial charge in [0.2, 0.25) is 0 Å². The number of aromatic nitrogens is 1. The first kappa shape index (κ1) is 16.1. The molecule has 21 heavy (non-hydrogen) atoms. The molecule has 2 N–H and O–H groups in total. The van der Waals surface area contributed by atoms with E-state index in [0.29, 0.717) is 31.4 Å². The van der Waals surface area contributed by atoms with Crippen LogP contribution in [0, 0.1) is 0 Å². The van der Waals surface area contributed by atoms with Crippen molar-refractivity contribution >= 4 is 23.8 Å². The lowest BCUT2D eigenvalue weighted by Crippen LogP contribution is -2.32. The van der Waals surface area contributed by atoms with Crippen molar-refractivity contribution in [3.63, 3.8) is 0 Å². The number of pyridine rings is 1. The molecule has 1 aliphatic carbocycles. The third kappa shape index (κ3) is 3.51. The van der Waals surface area contributed by atoms with Gasteiger partial charge in [-0.05, 0) is 43.0 Å². The van der Waals surface area contributed by atoms with Gasteiger partial charge in [0, 0.05) is 25.6 Å². The minimum Gasteiger partial charge on any atom is -0.384 e. The molecule has 1 saturated carbocycles. The van der Waals surface area contributed by atoms with Crippen LogP contribution in [0.2, 0.25) is 0 Å². The molecule has 0 amide bonds. The van der Waals surface area contributed by atoms with Crippen LogP contribution in [0.15, 0.2) is 24.4 Å². The second kappa shape index (κ2) is 6.69. The summed E-state index contributed by atoms with van der Waals surface area (Å²) >= 11 is 0. The van der Waals surface area contributed by atoms with Gasteiger partial charge in [-0.2, -0.15) is 0 Å². The van der Waals surface area contributed by atoms with Crippen LogP contribution in [0.5, 0.6) is 0 Å². The summed E-state index contributed by atoms with van der Waals surface area (Å²) in [5.74, 6) is 0.242. The summed E-state index contributed by atoms with van der Waals surface area (Å²) in [7, 11) is 0. The fourth-order valence-electron chi connectivity index (χ4n) is 2.94. The maximum absolute atomic E-state index is 11.3. The van der Waals surface area contributed by atoms with Crippen molar-refractivity contribution in [1.29, 1.82) is 0 Å². The first-order valence-corrected chi connectivity index (χ1v) is 7.28. The van der Waals surface area contributed by atoms with E-state index in [9.17, 15) is 9.90 Å². The summed E-state index contributed by atoms with van der Waals surface area (Å²) in [6.07, 6.45) is 6.94. The maximum Gasteiger partial charge on any atom is 0.133 e. The summed E-state index contributed by atoms with van der Waals surface area (Å²) in [6.45, 7) is 1.91. The molecule has 114 valence electrons. The van der Waals surface area contributed by atoms with Crippen molar-refractivity contribution in [2.45, 2.75) is 37.7 Å². The van der Waals surface area contributed by atoms with E-state index in [-0.39, 0.29) is 18.2 Å². The van der Waals surface area contributed by atoms with Gasteiger partial charge in [-0.1, -0.05) is 12.1 Å². The molecule has 0 bridgehead atoms. The molecule has 0 unspecified atom stereocenters. The molecule has 1 aliphatic heterocycles. The van der Waals surface area contributed by atoms with Crippen molar-refractivity contribution in [3.8, 4) is 0 Å². The van der Waals surface area contributed by atoms with Gasteiger partial charge in [0.15, 0.2) is 0 Å². The number of Topliss-reactive ketones (excluding diaryl/α,β-unsaturated/α-hetero) is 1. The SMILES string of the molecule is Cl.O=C1CCC(O)(c2ccc(C3=CCNCC3)cn2)CC1. The Kier molecular flexibility index (Phi) is 5.14. The van der Waals surface area contributed by atoms with E-state index in [1.807, 2.05) is 18.3 Å². The second-order valence-electron chi connectivity index (χ2n) is 5.69. The highest BCUT2D eigenvalue weighted by Gasteiger charge is 2.35. The molecule has 5 heteroatoms. The third-order valence-corrected chi connectivity index (χ3v) is 4.31. The molecule has 0 aromatic carbocycles. The molecule has 1 aromatic heterocycles. The molecule has 2 heterocycles. The Morgan fingerprint density at radius 1 is 1.19 bits per heavy atom. The van der Waals surface area contributed by atoms with Crippen LogP contribution >= 0.6 is 12.4 Å². The van der Waals surface area contributed by atoms with E-state index < -0.39 is 5.60 Å². The van der Waals surface area contributed by atoms with Crippen LogP contribution in [0.4, 0.5) is 0 Å². The van der Waals surface area contributed by atoms with E-state index in [1.54, 1.807) is 0 Å². The molecule has 1 aromatic rings. The average Bonchev–Trinajstić information content (AvgIpc) is 2.52. The predicted octanol–water partition coefficient (Wildman–Crippen LogP) is 2.21. The van der Waals surface area contributed by atoms with Crippen LogP contribution in [-0.4, -0.2) is 29.0 Å². The van der Waals surface area contributed by atoms with Crippen molar-refractivity contribution in [3.05, 3.63) is 35.7 Å². The van der Waals surface area contributed by atoms with Crippen molar-refractivity contribution in [2.75, 3.05) is 13.1 Å². The van der Waals surface area contributed by atoms with Gasteiger partial charge >= 0.3 is 0 Å². The first-order chi connectivity index (χ1) is 9.67. The van der Waals surface area contributed by atoms with E-state index in [1.165, 1.54) is 5.57 Å². The van der Waals surface area contributed by atoms with E-state index >= 15 is 0 Å². The van der Waals surface area contributed by atoms with E-state index in [0.717, 1.165) is 25.1 Å². The Morgan fingerprint density at radius 3 is 2.52 bits per heavy atom. The minimum absolute atomic E-state index is 0. The number of hydrogen-bond donors (Lipinski definition) is 2. The molecule has 0 radical (unpaired) electrons. The minimum atomic E-state index is -0.922. The van der Waals surface area contributed by atoms with Crippen LogP contribution < -0.4 is 5.32 Å². The smallest absolute Gasteiger partial charge is 0.133 e. The lowest BCUT2D eigenvalue weighted by molar-refractivity contribution is -0.125. The maximum atomic E-state index is 11.3. The third-order valence-electron chi connectivity index (χ3n) is 4.31. The van der Waals surface area contributed by atoms with Gasteiger partial charge in [-0.25, -0.2) is 0 Å². The fraction of sp³-hybridized carbons (Fsp3) is 0.500. The Balaban J connectivity index is 0.00000161.